The second-order valence-electron chi connectivity index (χ2n) is 7.69. The van der Waals surface area contributed by atoms with Crippen molar-refractivity contribution in [1.29, 1.82) is 0 Å². The van der Waals surface area contributed by atoms with Crippen LogP contribution < -0.4 is 14.8 Å². The third-order valence-electron chi connectivity index (χ3n) is 5.61. The van der Waals surface area contributed by atoms with E-state index in [1.54, 1.807) is 35.5 Å². The van der Waals surface area contributed by atoms with E-state index in [-0.39, 0.29) is 18.4 Å². The van der Waals surface area contributed by atoms with Gasteiger partial charge in [0.1, 0.15) is 6.61 Å². The first-order valence-corrected chi connectivity index (χ1v) is 10.2. The number of aromatic nitrogens is 2. The Morgan fingerprint density at radius 1 is 1.19 bits per heavy atom. The van der Waals surface area contributed by atoms with Crippen LogP contribution in [0.2, 0.25) is 0 Å². The Balaban J connectivity index is 1.30. The van der Waals surface area contributed by atoms with E-state index in [0.29, 0.717) is 35.8 Å². The average molecular weight is 418 g/mol. The maximum Gasteiger partial charge on any atom is 0.269 e. The number of carbonyl (C=O) groups excluding carboxylic acids is 2. The van der Waals surface area contributed by atoms with Crippen LogP contribution in [0, 0.1) is 6.92 Å². The monoisotopic (exact) mass is 418 g/mol. The van der Waals surface area contributed by atoms with Gasteiger partial charge in [-0.15, -0.1) is 0 Å². The molecule has 2 N–H and O–H groups in total. The SMILES string of the molecule is Cc1ccc(C(=O)N2CCc3nc[nH]c3C2)cc1NC(=O)C1COc2ccccc2O1. The fourth-order valence-electron chi connectivity index (χ4n) is 3.82. The van der Waals surface area contributed by atoms with Gasteiger partial charge in [-0.2, -0.15) is 0 Å². The number of H-pyrrole nitrogens is 1. The number of rotatable bonds is 3. The van der Waals surface area contributed by atoms with Crippen molar-refractivity contribution in [3.8, 4) is 11.5 Å². The number of anilines is 1. The van der Waals surface area contributed by atoms with Gasteiger partial charge >= 0.3 is 0 Å². The quantitative estimate of drug-likeness (QED) is 0.682. The van der Waals surface area contributed by atoms with E-state index < -0.39 is 6.10 Å². The summed E-state index contributed by atoms with van der Waals surface area (Å²) in [5.41, 5.74) is 3.94. The minimum atomic E-state index is -0.769. The van der Waals surface area contributed by atoms with Crippen LogP contribution in [0.25, 0.3) is 0 Å². The molecule has 3 aromatic rings. The first-order valence-electron chi connectivity index (χ1n) is 10.2. The molecule has 3 heterocycles. The molecule has 31 heavy (non-hydrogen) atoms. The minimum Gasteiger partial charge on any atom is -0.485 e. The third-order valence-corrected chi connectivity index (χ3v) is 5.61. The minimum absolute atomic E-state index is 0.0815. The molecule has 8 nitrogen and oxygen atoms in total. The maximum absolute atomic E-state index is 13.1. The van der Waals surface area contributed by atoms with E-state index >= 15 is 0 Å². The summed E-state index contributed by atoms with van der Waals surface area (Å²) >= 11 is 0. The van der Waals surface area contributed by atoms with Crippen LogP contribution in [-0.4, -0.2) is 45.9 Å². The van der Waals surface area contributed by atoms with Crippen molar-refractivity contribution in [1.82, 2.24) is 14.9 Å². The summed E-state index contributed by atoms with van der Waals surface area (Å²) in [5, 5.41) is 2.89. The lowest BCUT2D eigenvalue weighted by atomic mass is 10.1. The van der Waals surface area contributed by atoms with Crippen LogP contribution in [0.1, 0.15) is 27.3 Å². The molecule has 0 bridgehead atoms. The Hall–Kier alpha value is -3.81. The van der Waals surface area contributed by atoms with Crippen molar-refractivity contribution in [3.05, 3.63) is 71.3 Å². The molecule has 1 unspecified atom stereocenters. The molecule has 2 aromatic carbocycles. The van der Waals surface area contributed by atoms with E-state index in [2.05, 4.69) is 15.3 Å². The summed E-state index contributed by atoms with van der Waals surface area (Å²) in [4.78, 5) is 35.0. The predicted molar refractivity (Wildman–Crippen MR) is 113 cm³/mol. The van der Waals surface area contributed by atoms with Crippen molar-refractivity contribution in [3.63, 3.8) is 0 Å². The van der Waals surface area contributed by atoms with Crippen molar-refractivity contribution in [2.75, 3.05) is 18.5 Å². The van der Waals surface area contributed by atoms with Crippen LogP contribution in [0.3, 0.4) is 0 Å². The molecule has 1 aromatic heterocycles. The number of carbonyl (C=O) groups is 2. The summed E-state index contributed by atoms with van der Waals surface area (Å²) in [6.07, 6.45) is 1.61. The van der Waals surface area contributed by atoms with Gasteiger partial charge in [0.25, 0.3) is 11.8 Å². The topological polar surface area (TPSA) is 96.6 Å². The van der Waals surface area contributed by atoms with Crippen LogP contribution in [0.4, 0.5) is 5.69 Å². The van der Waals surface area contributed by atoms with Crippen LogP contribution in [0.5, 0.6) is 11.5 Å². The number of aryl methyl sites for hydroxylation is 1. The molecule has 8 heteroatoms. The number of fused-ring (bicyclic) bond motifs is 2. The van der Waals surface area contributed by atoms with E-state index in [9.17, 15) is 9.59 Å². The molecule has 1 atom stereocenters. The maximum atomic E-state index is 13.1. The lowest BCUT2D eigenvalue weighted by Crippen LogP contribution is -2.40. The summed E-state index contributed by atoms with van der Waals surface area (Å²) in [6.45, 7) is 3.12. The van der Waals surface area contributed by atoms with Crippen LogP contribution >= 0.6 is 0 Å². The summed E-state index contributed by atoms with van der Waals surface area (Å²) in [5.74, 6) is 0.763. The van der Waals surface area contributed by atoms with Gasteiger partial charge in [-0.3, -0.25) is 9.59 Å². The van der Waals surface area contributed by atoms with Crippen molar-refractivity contribution in [2.24, 2.45) is 0 Å². The van der Waals surface area contributed by atoms with E-state index in [1.165, 1.54) is 0 Å². The molecule has 2 aliphatic heterocycles. The molecule has 2 aliphatic rings. The number of aromatic amines is 1. The number of imidazole rings is 1. The summed E-state index contributed by atoms with van der Waals surface area (Å²) in [6, 6.07) is 12.6. The number of nitrogens with zero attached hydrogens (tertiary/aromatic N) is 2. The van der Waals surface area contributed by atoms with Gasteiger partial charge in [0.2, 0.25) is 6.10 Å². The highest BCUT2D eigenvalue weighted by atomic mass is 16.6. The highest BCUT2D eigenvalue weighted by molar-refractivity contribution is 5.99. The molecule has 0 saturated carbocycles. The number of hydrogen-bond donors (Lipinski definition) is 2. The van der Waals surface area contributed by atoms with E-state index in [4.69, 9.17) is 9.47 Å². The lowest BCUT2D eigenvalue weighted by molar-refractivity contribution is -0.125. The van der Waals surface area contributed by atoms with Crippen molar-refractivity contribution >= 4 is 17.5 Å². The molecular weight excluding hydrogens is 396 g/mol. The third kappa shape index (κ3) is 3.72. The Labute approximate surface area is 179 Å². The molecule has 0 fully saturated rings. The van der Waals surface area contributed by atoms with Crippen molar-refractivity contribution in [2.45, 2.75) is 26.0 Å². The highest BCUT2D eigenvalue weighted by Gasteiger charge is 2.28. The molecule has 0 aliphatic carbocycles. The molecule has 158 valence electrons. The van der Waals surface area contributed by atoms with Gasteiger partial charge in [0.15, 0.2) is 11.5 Å². The lowest BCUT2D eigenvalue weighted by Gasteiger charge is -2.27. The number of hydrogen-bond acceptors (Lipinski definition) is 5. The first kappa shape index (κ1) is 19.2. The number of nitrogens with one attached hydrogen (secondary N) is 2. The summed E-state index contributed by atoms with van der Waals surface area (Å²) < 4.78 is 11.4. The first-order chi connectivity index (χ1) is 15.1. The Kier molecular flexibility index (Phi) is 4.82. The van der Waals surface area contributed by atoms with E-state index in [1.807, 2.05) is 25.1 Å². The second kappa shape index (κ2) is 7.79. The molecule has 0 saturated heterocycles. The smallest absolute Gasteiger partial charge is 0.269 e. The molecular formula is C23H22N4O4. The molecule has 5 rings (SSSR count). The second-order valence-corrected chi connectivity index (χ2v) is 7.69. The zero-order chi connectivity index (χ0) is 21.4. The van der Waals surface area contributed by atoms with Gasteiger partial charge in [0.05, 0.1) is 24.3 Å². The van der Waals surface area contributed by atoms with Gasteiger partial charge < -0.3 is 24.7 Å². The highest BCUT2D eigenvalue weighted by Crippen LogP contribution is 2.31. The number of amides is 2. The Morgan fingerprint density at radius 3 is 2.90 bits per heavy atom. The molecule has 0 spiro atoms. The van der Waals surface area contributed by atoms with Gasteiger partial charge in [-0.05, 0) is 36.8 Å². The fraction of sp³-hybridized carbons (Fsp3) is 0.261. The predicted octanol–water partition coefficient (Wildman–Crippen LogP) is 2.70. The fourth-order valence-corrected chi connectivity index (χ4v) is 3.82. The van der Waals surface area contributed by atoms with Gasteiger partial charge in [0, 0.05) is 24.2 Å². The zero-order valence-corrected chi connectivity index (χ0v) is 17.1. The largest absolute Gasteiger partial charge is 0.485 e. The van der Waals surface area contributed by atoms with Crippen LogP contribution in [0.15, 0.2) is 48.8 Å². The van der Waals surface area contributed by atoms with Gasteiger partial charge in [-0.1, -0.05) is 18.2 Å². The summed E-state index contributed by atoms with van der Waals surface area (Å²) in [7, 11) is 0. The van der Waals surface area contributed by atoms with Crippen LogP contribution in [-0.2, 0) is 17.8 Å². The molecule has 0 radical (unpaired) electrons. The normalized spacial score (nSPS) is 17.1. The standard InChI is InChI=1S/C23H22N4O4/c1-14-6-7-15(23(29)27-9-8-16-18(11-27)25-13-24-16)10-17(14)26-22(28)21-12-30-19-4-2-3-5-20(19)31-21/h2-7,10,13,21H,8-9,11-12H2,1H3,(H,24,25)(H,26,28). The van der Waals surface area contributed by atoms with Crippen molar-refractivity contribution < 1.29 is 19.1 Å². The zero-order valence-electron chi connectivity index (χ0n) is 17.1. The number of benzene rings is 2. The molecule has 2 amide bonds. The average Bonchev–Trinajstić information content (AvgIpc) is 3.27. The Morgan fingerprint density at radius 2 is 2.03 bits per heavy atom. The Bertz CT molecular complexity index is 1160. The number of para-hydroxylation sites is 2. The van der Waals surface area contributed by atoms with Gasteiger partial charge in [-0.25, -0.2) is 4.98 Å². The van der Waals surface area contributed by atoms with E-state index in [0.717, 1.165) is 23.4 Å². The number of ether oxygens (including phenoxy) is 2.